The molecule has 0 aliphatic rings. The summed E-state index contributed by atoms with van der Waals surface area (Å²) in [5, 5.41) is 4.68. The Morgan fingerprint density at radius 3 is 3.00 bits per heavy atom. The Balaban J connectivity index is 2.19. The number of nitrogens with two attached hydrogens (primary N) is 1. The van der Waals surface area contributed by atoms with E-state index in [1.807, 2.05) is 11.4 Å². The van der Waals surface area contributed by atoms with Gasteiger partial charge >= 0.3 is 0 Å². The zero-order chi connectivity index (χ0) is 9.52. The molecule has 13 heavy (non-hydrogen) atoms. The van der Waals surface area contributed by atoms with Crippen molar-refractivity contribution in [2.45, 2.75) is 6.42 Å². The first kappa shape index (κ1) is 10.2. The van der Waals surface area contributed by atoms with Gasteiger partial charge in [0.2, 0.25) is 0 Å². The highest BCUT2D eigenvalue weighted by Gasteiger charge is 2.03. The SMILES string of the molecule is NNCCCNC(=O)c1cccs1. The fourth-order valence-corrected chi connectivity index (χ4v) is 1.53. The van der Waals surface area contributed by atoms with Crippen molar-refractivity contribution in [3.05, 3.63) is 22.4 Å². The summed E-state index contributed by atoms with van der Waals surface area (Å²) < 4.78 is 0. The van der Waals surface area contributed by atoms with Crippen LogP contribution in [0.25, 0.3) is 0 Å². The van der Waals surface area contributed by atoms with E-state index in [1.165, 1.54) is 11.3 Å². The van der Waals surface area contributed by atoms with Gasteiger partial charge in [0.1, 0.15) is 0 Å². The predicted octanol–water partition coefficient (Wildman–Crippen LogP) is 0.331. The lowest BCUT2D eigenvalue weighted by atomic mass is 10.4. The number of carbonyl (C=O) groups is 1. The van der Waals surface area contributed by atoms with Crippen molar-refractivity contribution in [2.24, 2.45) is 5.84 Å². The number of rotatable bonds is 5. The number of hydrogen-bond acceptors (Lipinski definition) is 4. The summed E-state index contributed by atoms with van der Waals surface area (Å²) in [7, 11) is 0. The van der Waals surface area contributed by atoms with Crippen LogP contribution in [-0.2, 0) is 0 Å². The average Bonchev–Trinajstić information content (AvgIpc) is 2.65. The molecule has 0 bridgehead atoms. The molecule has 0 aromatic carbocycles. The van der Waals surface area contributed by atoms with Gasteiger partial charge in [0.25, 0.3) is 5.91 Å². The molecule has 0 fully saturated rings. The number of hydrogen-bond donors (Lipinski definition) is 3. The Morgan fingerprint density at radius 1 is 1.54 bits per heavy atom. The topological polar surface area (TPSA) is 67.2 Å². The lowest BCUT2D eigenvalue weighted by Gasteiger charge is -2.02. The van der Waals surface area contributed by atoms with E-state index in [0.29, 0.717) is 13.1 Å². The molecule has 0 unspecified atom stereocenters. The third-order valence-electron chi connectivity index (χ3n) is 1.53. The van der Waals surface area contributed by atoms with Crippen molar-refractivity contribution in [3.63, 3.8) is 0 Å². The molecule has 1 aromatic heterocycles. The number of amides is 1. The van der Waals surface area contributed by atoms with Crippen LogP contribution in [0.2, 0.25) is 0 Å². The van der Waals surface area contributed by atoms with Crippen LogP contribution in [0.1, 0.15) is 16.1 Å². The summed E-state index contributed by atoms with van der Waals surface area (Å²) in [5.41, 5.74) is 2.53. The van der Waals surface area contributed by atoms with Gasteiger partial charge in [0, 0.05) is 13.1 Å². The van der Waals surface area contributed by atoms with E-state index in [4.69, 9.17) is 5.84 Å². The molecule has 4 nitrogen and oxygen atoms in total. The maximum Gasteiger partial charge on any atom is 0.261 e. The summed E-state index contributed by atoms with van der Waals surface area (Å²) in [6, 6.07) is 3.67. The van der Waals surface area contributed by atoms with Crippen molar-refractivity contribution in [2.75, 3.05) is 13.1 Å². The lowest BCUT2D eigenvalue weighted by molar-refractivity contribution is 0.0957. The number of hydrazine groups is 1. The van der Waals surface area contributed by atoms with Crippen molar-refractivity contribution in [3.8, 4) is 0 Å². The number of thiophene rings is 1. The highest BCUT2D eigenvalue weighted by atomic mass is 32.1. The van der Waals surface area contributed by atoms with E-state index >= 15 is 0 Å². The second kappa shape index (κ2) is 5.69. The Morgan fingerprint density at radius 2 is 2.38 bits per heavy atom. The molecule has 72 valence electrons. The van der Waals surface area contributed by atoms with Gasteiger partial charge in [-0.3, -0.25) is 16.1 Å². The van der Waals surface area contributed by atoms with Crippen LogP contribution < -0.4 is 16.6 Å². The standard InChI is InChI=1S/C8H13N3OS/c9-11-5-2-4-10-8(12)7-3-1-6-13-7/h1,3,6,11H,2,4-5,9H2,(H,10,12). The molecule has 1 amide bonds. The van der Waals surface area contributed by atoms with Gasteiger partial charge in [-0.05, 0) is 17.9 Å². The first-order valence-corrected chi connectivity index (χ1v) is 4.97. The van der Waals surface area contributed by atoms with E-state index in [1.54, 1.807) is 6.07 Å². The minimum Gasteiger partial charge on any atom is -0.351 e. The summed E-state index contributed by atoms with van der Waals surface area (Å²) >= 11 is 1.44. The molecule has 0 saturated heterocycles. The number of nitrogens with one attached hydrogen (secondary N) is 2. The van der Waals surface area contributed by atoms with Crippen LogP contribution in [0.5, 0.6) is 0 Å². The molecule has 1 heterocycles. The average molecular weight is 199 g/mol. The largest absolute Gasteiger partial charge is 0.351 e. The van der Waals surface area contributed by atoms with Gasteiger partial charge in [-0.15, -0.1) is 11.3 Å². The second-order valence-corrected chi connectivity index (χ2v) is 3.49. The maximum atomic E-state index is 11.3. The van der Waals surface area contributed by atoms with Crippen molar-refractivity contribution >= 4 is 17.2 Å². The molecule has 0 aliphatic heterocycles. The molecule has 1 rings (SSSR count). The molecule has 0 radical (unpaired) electrons. The van der Waals surface area contributed by atoms with Crippen LogP contribution in [0.15, 0.2) is 17.5 Å². The van der Waals surface area contributed by atoms with Crippen molar-refractivity contribution < 1.29 is 4.79 Å². The van der Waals surface area contributed by atoms with E-state index in [-0.39, 0.29) is 5.91 Å². The molecule has 0 spiro atoms. The monoisotopic (exact) mass is 199 g/mol. The van der Waals surface area contributed by atoms with Gasteiger partial charge in [0.05, 0.1) is 4.88 Å². The van der Waals surface area contributed by atoms with Crippen LogP contribution in [0.3, 0.4) is 0 Å². The Kier molecular flexibility index (Phi) is 4.45. The fraction of sp³-hybridized carbons (Fsp3) is 0.375. The summed E-state index contributed by atoms with van der Waals surface area (Å²) in [6.45, 7) is 1.37. The smallest absolute Gasteiger partial charge is 0.261 e. The van der Waals surface area contributed by atoms with Crippen molar-refractivity contribution in [1.82, 2.24) is 10.7 Å². The van der Waals surface area contributed by atoms with Crippen LogP contribution in [-0.4, -0.2) is 19.0 Å². The van der Waals surface area contributed by atoms with Gasteiger partial charge in [-0.25, -0.2) is 0 Å². The predicted molar refractivity (Wildman–Crippen MR) is 53.5 cm³/mol. The molecule has 0 atom stereocenters. The molecule has 0 saturated carbocycles. The van der Waals surface area contributed by atoms with Crippen molar-refractivity contribution in [1.29, 1.82) is 0 Å². The van der Waals surface area contributed by atoms with E-state index in [0.717, 1.165) is 11.3 Å². The molecular weight excluding hydrogens is 186 g/mol. The summed E-state index contributed by atoms with van der Waals surface area (Å²) in [4.78, 5) is 12.1. The molecular formula is C8H13N3OS. The van der Waals surface area contributed by atoms with E-state index in [2.05, 4.69) is 10.7 Å². The van der Waals surface area contributed by atoms with Crippen LogP contribution in [0, 0.1) is 0 Å². The lowest BCUT2D eigenvalue weighted by Crippen LogP contribution is -2.29. The quantitative estimate of drug-likeness (QED) is 0.364. The Labute approximate surface area is 81.1 Å². The van der Waals surface area contributed by atoms with Crippen LogP contribution in [0.4, 0.5) is 0 Å². The minimum absolute atomic E-state index is 0.00739. The minimum atomic E-state index is -0.00739. The third-order valence-corrected chi connectivity index (χ3v) is 2.40. The molecule has 0 aliphatic carbocycles. The van der Waals surface area contributed by atoms with Gasteiger partial charge in [0.15, 0.2) is 0 Å². The summed E-state index contributed by atoms with van der Waals surface area (Å²) in [6.07, 6.45) is 0.841. The first-order valence-electron chi connectivity index (χ1n) is 4.10. The van der Waals surface area contributed by atoms with Gasteiger partial charge in [-0.2, -0.15) is 0 Å². The highest BCUT2D eigenvalue weighted by molar-refractivity contribution is 7.12. The molecule has 4 N–H and O–H groups in total. The Hall–Kier alpha value is -0.910. The molecule has 5 heteroatoms. The normalized spacial score (nSPS) is 9.92. The molecule has 1 aromatic rings. The van der Waals surface area contributed by atoms with Gasteiger partial charge in [-0.1, -0.05) is 6.07 Å². The first-order chi connectivity index (χ1) is 6.34. The zero-order valence-corrected chi connectivity index (χ0v) is 8.06. The maximum absolute atomic E-state index is 11.3. The Bertz CT molecular complexity index is 248. The van der Waals surface area contributed by atoms with E-state index < -0.39 is 0 Å². The second-order valence-electron chi connectivity index (χ2n) is 2.54. The number of carbonyl (C=O) groups excluding carboxylic acids is 1. The van der Waals surface area contributed by atoms with Gasteiger partial charge < -0.3 is 5.32 Å². The van der Waals surface area contributed by atoms with E-state index in [9.17, 15) is 4.79 Å². The highest BCUT2D eigenvalue weighted by Crippen LogP contribution is 2.07. The zero-order valence-electron chi connectivity index (χ0n) is 7.25. The fourth-order valence-electron chi connectivity index (χ4n) is 0.887. The third kappa shape index (κ3) is 3.54. The van der Waals surface area contributed by atoms with Crippen LogP contribution >= 0.6 is 11.3 Å². The summed E-state index contributed by atoms with van der Waals surface area (Å²) in [5.74, 6) is 5.07.